The van der Waals surface area contributed by atoms with Crippen LogP contribution in [0.2, 0.25) is 0 Å². The van der Waals surface area contributed by atoms with Gasteiger partial charge in [0, 0.05) is 26.3 Å². The van der Waals surface area contributed by atoms with Crippen LogP contribution in [0.4, 0.5) is 11.4 Å². The van der Waals surface area contributed by atoms with Gasteiger partial charge in [0.25, 0.3) is 5.69 Å². The highest BCUT2D eigenvalue weighted by atomic mass is 16.6. The molecule has 2 atom stereocenters. The molecule has 1 aromatic carbocycles. The van der Waals surface area contributed by atoms with Gasteiger partial charge in [-0.05, 0) is 25.0 Å². The van der Waals surface area contributed by atoms with Crippen LogP contribution < -0.4 is 4.90 Å². The van der Waals surface area contributed by atoms with Crippen molar-refractivity contribution in [3.05, 3.63) is 33.9 Å². The molecule has 1 saturated heterocycles. The highest BCUT2D eigenvalue weighted by molar-refractivity contribution is 5.65. The Bertz CT molecular complexity index is 476. The molecule has 6 heteroatoms. The smallest absolute Gasteiger partial charge is 0.292 e. The lowest BCUT2D eigenvalue weighted by molar-refractivity contribution is -0.384. The summed E-state index contributed by atoms with van der Waals surface area (Å²) in [5.74, 6) is 0. The number of nitro benzene ring substituents is 1. The Labute approximate surface area is 111 Å². The molecule has 6 nitrogen and oxygen atoms in total. The Kier molecular flexibility index (Phi) is 4.01. The van der Waals surface area contributed by atoms with E-state index in [9.17, 15) is 15.2 Å². The summed E-state index contributed by atoms with van der Waals surface area (Å²) in [5, 5.41) is 20.7. The van der Waals surface area contributed by atoms with E-state index in [1.807, 2.05) is 4.90 Å². The number of anilines is 1. The fourth-order valence-electron chi connectivity index (χ4n) is 2.35. The summed E-state index contributed by atoms with van der Waals surface area (Å²) in [5.41, 5.74) is 1.18. The predicted molar refractivity (Wildman–Crippen MR) is 71.4 cm³/mol. The summed E-state index contributed by atoms with van der Waals surface area (Å²) >= 11 is 0. The van der Waals surface area contributed by atoms with E-state index < -0.39 is 11.0 Å². The Balaban J connectivity index is 2.32. The minimum atomic E-state index is -0.710. The third-order valence-electron chi connectivity index (χ3n) is 3.50. The average Bonchev–Trinajstić information content (AvgIpc) is 2.86. The lowest BCUT2D eigenvalue weighted by Gasteiger charge is -2.19. The first kappa shape index (κ1) is 13.8. The van der Waals surface area contributed by atoms with E-state index in [-0.39, 0.29) is 11.8 Å². The quantitative estimate of drug-likeness (QED) is 0.665. The monoisotopic (exact) mass is 266 g/mol. The molecule has 2 rings (SSSR count). The highest BCUT2D eigenvalue weighted by Gasteiger charge is 2.27. The first-order valence-corrected chi connectivity index (χ1v) is 6.27. The summed E-state index contributed by atoms with van der Waals surface area (Å²) in [6.07, 6.45) is 0.278. The lowest BCUT2D eigenvalue weighted by Crippen LogP contribution is -2.23. The second-order valence-electron chi connectivity index (χ2n) is 4.77. The Morgan fingerprint density at radius 1 is 1.58 bits per heavy atom. The van der Waals surface area contributed by atoms with Crippen LogP contribution in [0.1, 0.15) is 25.0 Å². The van der Waals surface area contributed by atoms with E-state index in [1.54, 1.807) is 26.2 Å². The van der Waals surface area contributed by atoms with Crippen molar-refractivity contribution in [3.8, 4) is 0 Å². The topological polar surface area (TPSA) is 75.8 Å². The Hall–Kier alpha value is -1.66. The fraction of sp³-hybridized carbons (Fsp3) is 0.538. The molecule has 0 aromatic heterocycles. The molecule has 1 N–H and O–H groups in total. The van der Waals surface area contributed by atoms with Gasteiger partial charge in [0.1, 0.15) is 5.69 Å². The molecule has 1 aliphatic rings. The van der Waals surface area contributed by atoms with Crippen molar-refractivity contribution in [2.75, 3.05) is 25.1 Å². The van der Waals surface area contributed by atoms with Crippen molar-refractivity contribution in [2.24, 2.45) is 0 Å². The first-order valence-electron chi connectivity index (χ1n) is 6.27. The van der Waals surface area contributed by atoms with Crippen molar-refractivity contribution >= 4 is 11.4 Å². The molecule has 19 heavy (non-hydrogen) atoms. The SMILES string of the molecule is COC1CCN(c2ccc([C@@H](C)O)cc2[N+](=O)[O-])C1. The number of methoxy groups -OCH3 is 1. The van der Waals surface area contributed by atoms with Gasteiger partial charge in [0.05, 0.1) is 17.1 Å². The molecule has 0 aliphatic carbocycles. The van der Waals surface area contributed by atoms with Crippen LogP contribution in [-0.2, 0) is 4.74 Å². The molecular formula is C13H18N2O4. The van der Waals surface area contributed by atoms with E-state index in [0.717, 1.165) is 13.0 Å². The zero-order valence-corrected chi connectivity index (χ0v) is 11.1. The predicted octanol–water partition coefficient (Wildman–Crippen LogP) is 1.87. The molecular weight excluding hydrogens is 248 g/mol. The largest absolute Gasteiger partial charge is 0.389 e. The van der Waals surface area contributed by atoms with Gasteiger partial charge in [-0.3, -0.25) is 10.1 Å². The van der Waals surface area contributed by atoms with Gasteiger partial charge in [0.15, 0.2) is 0 Å². The average molecular weight is 266 g/mol. The van der Waals surface area contributed by atoms with Crippen molar-refractivity contribution in [2.45, 2.75) is 25.6 Å². The van der Waals surface area contributed by atoms with E-state index in [2.05, 4.69) is 0 Å². The van der Waals surface area contributed by atoms with Crippen LogP contribution in [-0.4, -0.2) is 36.3 Å². The van der Waals surface area contributed by atoms with E-state index in [4.69, 9.17) is 4.74 Å². The summed E-state index contributed by atoms with van der Waals surface area (Å²) in [7, 11) is 1.65. The minimum Gasteiger partial charge on any atom is -0.389 e. The number of hydrogen-bond donors (Lipinski definition) is 1. The number of aliphatic hydroxyl groups is 1. The summed E-state index contributed by atoms with van der Waals surface area (Å²) in [6, 6.07) is 4.88. The molecule has 0 radical (unpaired) electrons. The first-order chi connectivity index (χ1) is 9.02. The molecule has 0 amide bonds. The molecule has 0 spiro atoms. The summed E-state index contributed by atoms with van der Waals surface area (Å²) in [6.45, 7) is 2.99. The van der Waals surface area contributed by atoms with Gasteiger partial charge in [-0.15, -0.1) is 0 Å². The fourth-order valence-corrected chi connectivity index (χ4v) is 2.35. The van der Waals surface area contributed by atoms with Gasteiger partial charge in [-0.2, -0.15) is 0 Å². The minimum absolute atomic E-state index is 0.0372. The van der Waals surface area contributed by atoms with E-state index in [1.165, 1.54) is 6.07 Å². The van der Waals surface area contributed by atoms with Gasteiger partial charge in [-0.1, -0.05) is 6.07 Å². The number of rotatable bonds is 4. The Morgan fingerprint density at radius 3 is 2.84 bits per heavy atom. The maximum absolute atomic E-state index is 11.2. The number of benzene rings is 1. The molecule has 1 heterocycles. The third-order valence-corrected chi connectivity index (χ3v) is 3.50. The van der Waals surface area contributed by atoms with Crippen molar-refractivity contribution in [3.63, 3.8) is 0 Å². The molecule has 0 bridgehead atoms. The number of aliphatic hydroxyl groups excluding tert-OH is 1. The van der Waals surface area contributed by atoms with Gasteiger partial charge in [-0.25, -0.2) is 0 Å². The lowest BCUT2D eigenvalue weighted by atomic mass is 10.1. The van der Waals surface area contributed by atoms with Crippen molar-refractivity contribution < 1.29 is 14.8 Å². The van der Waals surface area contributed by atoms with Crippen molar-refractivity contribution in [1.29, 1.82) is 0 Å². The van der Waals surface area contributed by atoms with Crippen LogP contribution >= 0.6 is 0 Å². The van der Waals surface area contributed by atoms with E-state index >= 15 is 0 Å². The molecule has 0 saturated carbocycles. The second kappa shape index (κ2) is 5.54. The third kappa shape index (κ3) is 2.85. The number of nitro groups is 1. The number of nitrogens with zero attached hydrogens (tertiary/aromatic N) is 2. The van der Waals surface area contributed by atoms with E-state index in [0.29, 0.717) is 17.8 Å². The molecule has 1 unspecified atom stereocenters. The summed E-state index contributed by atoms with van der Waals surface area (Å²) in [4.78, 5) is 12.7. The molecule has 1 fully saturated rings. The number of ether oxygens (including phenoxy) is 1. The van der Waals surface area contributed by atoms with Gasteiger partial charge < -0.3 is 14.7 Å². The zero-order valence-electron chi connectivity index (χ0n) is 11.1. The van der Waals surface area contributed by atoms with Crippen LogP contribution in [0.25, 0.3) is 0 Å². The molecule has 1 aliphatic heterocycles. The maximum Gasteiger partial charge on any atom is 0.292 e. The zero-order chi connectivity index (χ0) is 14.0. The maximum atomic E-state index is 11.2. The van der Waals surface area contributed by atoms with Gasteiger partial charge >= 0.3 is 0 Å². The van der Waals surface area contributed by atoms with Crippen LogP contribution in [0.5, 0.6) is 0 Å². The second-order valence-corrected chi connectivity index (χ2v) is 4.77. The van der Waals surface area contributed by atoms with Crippen LogP contribution in [0.15, 0.2) is 18.2 Å². The van der Waals surface area contributed by atoms with Crippen LogP contribution in [0, 0.1) is 10.1 Å². The Morgan fingerprint density at radius 2 is 2.32 bits per heavy atom. The highest BCUT2D eigenvalue weighted by Crippen LogP contribution is 2.33. The van der Waals surface area contributed by atoms with Gasteiger partial charge in [0.2, 0.25) is 0 Å². The molecule has 104 valence electrons. The summed E-state index contributed by atoms with van der Waals surface area (Å²) < 4.78 is 5.27. The molecule has 1 aromatic rings. The normalized spacial score (nSPS) is 20.6. The number of hydrogen-bond acceptors (Lipinski definition) is 5. The standard InChI is InChI=1S/C13H18N2O4/c1-9(16)10-3-4-12(13(7-10)15(17)18)14-6-5-11(8-14)19-2/h3-4,7,9,11,16H,5-6,8H2,1-2H3/t9-,11?/m1/s1. The van der Waals surface area contributed by atoms with Crippen molar-refractivity contribution in [1.82, 2.24) is 0 Å². The van der Waals surface area contributed by atoms with Crippen LogP contribution in [0.3, 0.4) is 0 Å².